The molecule has 3 N–H and O–H groups in total. The summed E-state index contributed by atoms with van der Waals surface area (Å²) in [7, 11) is 0. The van der Waals surface area contributed by atoms with E-state index < -0.39 is 0 Å². The van der Waals surface area contributed by atoms with Crippen molar-refractivity contribution in [3.05, 3.63) is 182 Å². The summed E-state index contributed by atoms with van der Waals surface area (Å²) in [4.78, 5) is 4.44. The Morgan fingerprint density at radius 1 is 0.362 bits per heavy atom. The third kappa shape index (κ3) is 5.98. The number of para-hydroxylation sites is 4. The van der Waals surface area contributed by atoms with Gasteiger partial charge in [0.05, 0.1) is 5.69 Å². The Morgan fingerprint density at radius 2 is 0.660 bits per heavy atom. The summed E-state index contributed by atoms with van der Waals surface area (Å²) in [5.74, 6) is 0. The quantitative estimate of drug-likeness (QED) is 0.127. The molecule has 0 aromatic heterocycles. The smallest absolute Gasteiger partial charge is 0.116 e. The molecule has 0 radical (unpaired) electrons. The monoisotopic (exact) mass is 607 g/mol. The number of nitrogens with two attached hydrogens (primary N) is 1. The van der Waals surface area contributed by atoms with Crippen molar-refractivity contribution in [2.45, 2.75) is 0 Å². The van der Waals surface area contributed by atoms with Gasteiger partial charge in [-0.25, -0.2) is 5.53 Å². The Balaban J connectivity index is 1.20. The average molecular weight is 608 g/mol. The third-order valence-electron chi connectivity index (χ3n) is 8.26. The number of hydrogen-bond donors (Lipinski definition) is 2. The number of benzene rings is 7. The van der Waals surface area contributed by atoms with Gasteiger partial charge in [0.15, 0.2) is 0 Å². The molecule has 7 aromatic carbocycles. The molecule has 0 aliphatic rings. The molecule has 0 aliphatic heterocycles. The van der Waals surface area contributed by atoms with Crippen LogP contribution in [0.2, 0.25) is 0 Å². The van der Waals surface area contributed by atoms with Gasteiger partial charge in [0.25, 0.3) is 0 Å². The van der Waals surface area contributed by atoms with Crippen molar-refractivity contribution in [2.24, 2.45) is 5.11 Å². The average Bonchev–Trinajstić information content (AvgIpc) is 3.14. The number of anilines is 7. The summed E-state index contributed by atoms with van der Waals surface area (Å²) < 4.78 is 0. The van der Waals surface area contributed by atoms with E-state index >= 15 is 0 Å². The van der Waals surface area contributed by atoms with Crippen molar-refractivity contribution < 1.29 is 0 Å². The Kier molecular flexibility index (Phi) is 8.26. The lowest BCUT2D eigenvalue weighted by Crippen LogP contribution is -2.09. The molecule has 0 unspecified atom stereocenters. The fourth-order valence-electron chi connectivity index (χ4n) is 6.00. The minimum absolute atomic E-state index is 0.456. The van der Waals surface area contributed by atoms with E-state index in [4.69, 9.17) is 11.3 Å². The first-order chi connectivity index (χ1) is 23.2. The van der Waals surface area contributed by atoms with Gasteiger partial charge in [-0.2, -0.15) is 5.11 Å². The first-order valence-electron chi connectivity index (χ1n) is 15.5. The van der Waals surface area contributed by atoms with Gasteiger partial charge >= 0.3 is 0 Å². The molecule has 0 heterocycles. The normalized spacial score (nSPS) is 10.7. The molecule has 7 rings (SSSR count). The van der Waals surface area contributed by atoms with E-state index in [1.165, 1.54) is 0 Å². The number of nitrogens with one attached hydrogen (secondary N) is 1. The van der Waals surface area contributed by atoms with E-state index in [0.717, 1.165) is 56.4 Å². The van der Waals surface area contributed by atoms with Crippen molar-refractivity contribution >= 4 is 45.5 Å². The molecule has 226 valence electrons. The van der Waals surface area contributed by atoms with Crippen LogP contribution in [0.5, 0.6) is 0 Å². The van der Waals surface area contributed by atoms with Crippen LogP contribution in [0, 0.1) is 5.53 Å². The van der Waals surface area contributed by atoms with Crippen LogP contribution in [-0.4, -0.2) is 0 Å². The lowest BCUT2D eigenvalue weighted by molar-refractivity contribution is 1.15. The third-order valence-corrected chi connectivity index (χ3v) is 8.26. The maximum atomic E-state index is 8.08. The molecular weight excluding hydrogens is 574 g/mol. The minimum Gasteiger partial charge on any atom is -0.396 e. The Morgan fingerprint density at radius 3 is 1.00 bits per heavy atom. The summed E-state index contributed by atoms with van der Waals surface area (Å²) >= 11 is 0. The van der Waals surface area contributed by atoms with Gasteiger partial charge < -0.3 is 15.5 Å². The molecule has 0 atom stereocenters. The standard InChI is InChI=1S/C42H33N5/c43-41-39(31-21-25-37(26-22-31)46(33-13-5-1-6-14-33)34-15-7-2-8-16-34)29-30-40(42(41)45-44)32-23-27-38(28-24-32)47(35-17-9-3-10-18-35)36-19-11-4-12-20-36/h1-30,44H,43H2. The van der Waals surface area contributed by atoms with Gasteiger partial charge in [0.1, 0.15) is 5.69 Å². The molecule has 5 heteroatoms. The zero-order valence-electron chi connectivity index (χ0n) is 25.7. The molecule has 7 aromatic rings. The molecule has 0 bridgehead atoms. The molecule has 0 amide bonds. The minimum atomic E-state index is 0.456. The fraction of sp³-hybridized carbons (Fsp3) is 0. The second-order valence-corrected chi connectivity index (χ2v) is 11.1. The van der Waals surface area contributed by atoms with E-state index in [0.29, 0.717) is 11.4 Å². The van der Waals surface area contributed by atoms with E-state index in [2.05, 4.69) is 112 Å². The highest BCUT2D eigenvalue weighted by Crippen LogP contribution is 2.43. The van der Waals surface area contributed by atoms with Gasteiger partial charge in [0.2, 0.25) is 0 Å². The summed E-state index contributed by atoms with van der Waals surface area (Å²) in [5, 5.41) is 3.92. The summed E-state index contributed by atoms with van der Waals surface area (Å²) in [6.07, 6.45) is 0. The molecule has 0 aliphatic carbocycles. The van der Waals surface area contributed by atoms with Crippen LogP contribution >= 0.6 is 0 Å². The van der Waals surface area contributed by atoms with Crippen LogP contribution in [0.1, 0.15) is 0 Å². The molecular formula is C42H33N5. The van der Waals surface area contributed by atoms with E-state index in [1.54, 1.807) is 0 Å². The highest BCUT2D eigenvalue weighted by Gasteiger charge is 2.17. The second kappa shape index (κ2) is 13.3. The highest BCUT2D eigenvalue weighted by molar-refractivity contribution is 5.94. The van der Waals surface area contributed by atoms with Crippen LogP contribution in [-0.2, 0) is 0 Å². The van der Waals surface area contributed by atoms with E-state index in [-0.39, 0.29) is 0 Å². The molecule has 0 saturated heterocycles. The molecule has 0 saturated carbocycles. The van der Waals surface area contributed by atoms with Crippen LogP contribution in [0.25, 0.3) is 22.3 Å². The zero-order valence-corrected chi connectivity index (χ0v) is 25.7. The summed E-state index contributed by atoms with van der Waals surface area (Å²) in [6.45, 7) is 0. The van der Waals surface area contributed by atoms with Crippen molar-refractivity contribution in [3.63, 3.8) is 0 Å². The van der Waals surface area contributed by atoms with Gasteiger partial charge in [-0.3, -0.25) is 0 Å². The van der Waals surface area contributed by atoms with Crippen LogP contribution < -0.4 is 15.5 Å². The van der Waals surface area contributed by atoms with E-state index in [1.807, 2.05) is 84.9 Å². The SMILES string of the molecule is N=Nc1c(-c2ccc(N(c3ccccc3)c3ccccc3)cc2)ccc(-c2ccc(N(c3ccccc3)c3ccccc3)cc2)c1N. The fourth-order valence-corrected chi connectivity index (χ4v) is 6.00. The zero-order chi connectivity index (χ0) is 32.0. The first kappa shape index (κ1) is 29.3. The topological polar surface area (TPSA) is 68.7 Å². The predicted octanol–water partition coefficient (Wildman–Crippen LogP) is 12.2. The maximum absolute atomic E-state index is 8.08. The maximum Gasteiger partial charge on any atom is 0.116 e. The van der Waals surface area contributed by atoms with Gasteiger partial charge in [-0.05, 0) is 83.9 Å². The number of nitrogens with zero attached hydrogens (tertiary/aromatic N) is 3. The highest BCUT2D eigenvalue weighted by atomic mass is 15.1. The summed E-state index contributed by atoms with van der Waals surface area (Å²) in [6, 6.07) is 62.0. The molecule has 47 heavy (non-hydrogen) atoms. The van der Waals surface area contributed by atoms with Crippen molar-refractivity contribution in [1.29, 1.82) is 5.53 Å². The second-order valence-electron chi connectivity index (χ2n) is 11.1. The van der Waals surface area contributed by atoms with Gasteiger partial charge in [-0.1, -0.05) is 109 Å². The lowest BCUT2D eigenvalue weighted by Gasteiger charge is -2.26. The number of hydrogen-bond acceptors (Lipinski definition) is 5. The summed E-state index contributed by atoms with van der Waals surface area (Å²) in [5.41, 5.74) is 25.7. The molecule has 0 spiro atoms. The van der Waals surface area contributed by atoms with Crippen molar-refractivity contribution in [2.75, 3.05) is 15.5 Å². The van der Waals surface area contributed by atoms with Crippen LogP contribution in [0.15, 0.2) is 187 Å². The van der Waals surface area contributed by atoms with Crippen molar-refractivity contribution in [1.82, 2.24) is 0 Å². The largest absolute Gasteiger partial charge is 0.396 e. The lowest BCUT2D eigenvalue weighted by atomic mass is 9.96. The Bertz CT molecular complexity index is 2000. The Hall–Kier alpha value is -6.46. The number of rotatable bonds is 9. The Labute approximate surface area is 275 Å². The van der Waals surface area contributed by atoms with Gasteiger partial charge in [-0.15, -0.1) is 0 Å². The van der Waals surface area contributed by atoms with Crippen molar-refractivity contribution in [3.8, 4) is 22.3 Å². The van der Waals surface area contributed by atoms with E-state index in [9.17, 15) is 0 Å². The van der Waals surface area contributed by atoms with Crippen LogP contribution in [0.3, 0.4) is 0 Å². The van der Waals surface area contributed by atoms with Crippen LogP contribution in [0.4, 0.5) is 45.5 Å². The van der Waals surface area contributed by atoms with Gasteiger partial charge in [0, 0.05) is 45.3 Å². The number of nitrogen functional groups attached to an aromatic ring is 1. The molecule has 5 nitrogen and oxygen atoms in total. The molecule has 0 fully saturated rings. The predicted molar refractivity (Wildman–Crippen MR) is 196 cm³/mol. The first-order valence-corrected chi connectivity index (χ1v) is 15.5.